The molecular weight excluding hydrogens is 323 g/mol. The van der Waals surface area contributed by atoms with Crippen LogP contribution in [0.1, 0.15) is 20.8 Å². The van der Waals surface area contributed by atoms with Gasteiger partial charge in [0.2, 0.25) is 11.8 Å². The van der Waals surface area contributed by atoms with Crippen molar-refractivity contribution in [3.63, 3.8) is 0 Å². The van der Waals surface area contributed by atoms with E-state index >= 15 is 0 Å². The second kappa shape index (κ2) is 8.28. The molecule has 0 aliphatic rings. The molecule has 0 saturated carbocycles. The highest BCUT2D eigenvalue weighted by Crippen LogP contribution is 2.29. The van der Waals surface area contributed by atoms with Crippen molar-refractivity contribution in [1.29, 1.82) is 0 Å². The number of ether oxygens (including phenoxy) is 1. The first-order valence-electron chi connectivity index (χ1n) is 7.96. The van der Waals surface area contributed by atoms with Gasteiger partial charge in [0.1, 0.15) is 18.1 Å². The number of benzene rings is 2. The van der Waals surface area contributed by atoms with Crippen LogP contribution in [0.5, 0.6) is 5.75 Å². The molecule has 6 heteroatoms. The first-order valence-corrected chi connectivity index (χ1v) is 7.96. The van der Waals surface area contributed by atoms with Crippen LogP contribution < -0.4 is 15.0 Å². The molecule has 0 aliphatic heterocycles. The molecule has 0 spiro atoms. The average molecular weight is 344 g/mol. The molecule has 0 atom stereocenters. The maximum absolute atomic E-state index is 13.2. The van der Waals surface area contributed by atoms with Gasteiger partial charge in [-0.1, -0.05) is 18.2 Å². The van der Waals surface area contributed by atoms with Crippen molar-refractivity contribution in [1.82, 2.24) is 0 Å². The van der Waals surface area contributed by atoms with E-state index in [-0.39, 0.29) is 18.6 Å². The summed E-state index contributed by atoms with van der Waals surface area (Å²) in [6.07, 6.45) is -0.0731. The largest absolute Gasteiger partial charge is 0.489 e. The zero-order valence-electron chi connectivity index (χ0n) is 14.5. The first kappa shape index (κ1) is 18.4. The molecule has 0 heterocycles. The molecule has 5 nitrogen and oxygen atoms in total. The minimum atomic E-state index is -0.447. The Labute approximate surface area is 146 Å². The van der Waals surface area contributed by atoms with Crippen molar-refractivity contribution in [2.75, 3.05) is 16.8 Å². The summed E-state index contributed by atoms with van der Waals surface area (Å²) in [6, 6.07) is 12.6. The number of carbonyl (C=O) groups is 2. The van der Waals surface area contributed by atoms with Crippen LogP contribution >= 0.6 is 0 Å². The third kappa shape index (κ3) is 5.31. The maximum atomic E-state index is 13.2. The summed E-state index contributed by atoms with van der Waals surface area (Å²) in [4.78, 5) is 25.7. The van der Waals surface area contributed by atoms with Gasteiger partial charge in [0.05, 0.1) is 11.8 Å². The molecule has 132 valence electrons. The van der Waals surface area contributed by atoms with Gasteiger partial charge in [0.15, 0.2) is 0 Å². The molecule has 1 N–H and O–H groups in total. The Morgan fingerprint density at radius 1 is 1.16 bits per heavy atom. The van der Waals surface area contributed by atoms with Gasteiger partial charge < -0.3 is 10.1 Å². The highest BCUT2D eigenvalue weighted by atomic mass is 19.1. The first-order chi connectivity index (χ1) is 11.9. The number of nitrogens with one attached hydrogen (secondary N) is 1. The summed E-state index contributed by atoms with van der Waals surface area (Å²) in [5.74, 6) is -0.655. The Kier molecular flexibility index (Phi) is 6.11. The Morgan fingerprint density at radius 3 is 2.52 bits per heavy atom. The SMILES string of the molecule is CC(=O)N(CC(=O)Nc1cccc(F)c1)c1ccccc1OC(C)C. The van der Waals surface area contributed by atoms with E-state index in [9.17, 15) is 14.0 Å². The lowest BCUT2D eigenvalue weighted by atomic mass is 10.2. The van der Waals surface area contributed by atoms with Gasteiger partial charge in [-0.3, -0.25) is 14.5 Å². The summed E-state index contributed by atoms with van der Waals surface area (Å²) in [5.41, 5.74) is 0.846. The van der Waals surface area contributed by atoms with Crippen molar-refractivity contribution in [2.24, 2.45) is 0 Å². The lowest BCUT2D eigenvalue weighted by Gasteiger charge is -2.24. The minimum absolute atomic E-state index is 0.0731. The summed E-state index contributed by atoms with van der Waals surface area (Å²) in [7, 11) is 0. The molecule has 0 bridgehead atoms. The topological polar surface area (TPSA) is 58.6 Å². The zero-order chi connectivity index (χ0) is 18.4. The van der Waals surface area contributed by atoms with Crippen LogP contribution in [0.3, 0.4) is 0 Å². The lowest BCUT2D eigenvalue weighted by Crippen LogP contribution is -2.37. The number of rotatable bonds is 6. The standard InChI is InChI=1S/C19H21FN2O3/c1-13(2)25-18-10-5-4-9-17(18)22(14(3)23)12-19(24)21-16-8-6-7-15(20)11-16/h4-11,13H,12H2,1-3H3,(H,21,24). The fourth-order valence-electron chi connectivity index (χ4n) is 2.31. The predicted molar refractivity (Wildman–Crippen MR) is 95.3 cm³/mol. The number of halogens is 1. The summed E-state index contributed by atoms with van der Waals surface area (Å²) in [5, 5.41) is 2.58. The highest BCUT2D eigenvalue weighted by molar-refractivity contribution is 6.02. The molecule has 2 amide bonds. The van der Waals surface area contributed by atoms with Crippen molar-refractivity contribution in [2.45, 2.75) is 26.9 Å². The van der Waals surface area contributed by atoms with E-state index in [1.54, 1.807) is 30.3 Å². The fourth-order valence-corrected chi connectivity index (χ4v) is 2.31. The maximum Gasteiger partial charge on any atom is 0.244 e. The van der Waals surface area contributed by atoms with E-state index in [0.717, 1.165) is 0 Å². The number of carbonyl (C=O) groups excluding carboxylic acids is 2. The van der Waals surface area contributed by atoms with Crippen LogP contribution in [0.2, 0.25) is 0 Å². The van der Waals surface area contributed by atoms with E-state index in [4.69, 9.17) is 4.74 Å². The van der Waals surface area contributed by atoms with E-state index in [1.807, 2.05) is 13.8 Å². The van der Waals surface area contributed by atoms with E-state index in [1.165, 1.54) is 30.0 Å². The minimum Gasteiger partial charge on any atom is -0.489 e. The Hall–Kier alpha value is -2.89. The second-order valence-electron chi connectivity index (χ2n) is 5.80. The van der Waals surface area contributed by atoms with Gasteiger partial charge in [-0.25, -0.2) is 4.39 Å². The van der Waals surface area contributed by atoms with Crippen LogP contribution in [0, 0.1) is 5.82 Å². The molecule has 25 heavy (non-hydrogen) atoms. The highest BCUT2D eigenvalue weighted by Gasteiger charge is 2.20. The molecular formula is C19H21FN2O3. The number of anilines is 2. The van der Waals surface area contributed by atoms with Crippen LogP contribution in [-0.2, 0) is 9.59 Å². The van der Waals surface area contributed by atoms with Crippen molar-refractivity contribution in [3.05, 3.63) is 54.3 Å². The molecule has 2 aromatic rings. The quantitative estimate of drug-likeness (QED) is 0.871. The molecule has 0 unspecified atom stereocenters. The fraction of sp³-hybridized carbons (Fsp3) is 0.263. The van der Waals surface area contributed by atoms with Crippen LogP contribution in [0.15, 0.2) is 48.5 Å². The molecule has 0 radical (unpaired) electrons. The number of para-hydroxylation sites is 2. The van der Waals surface area contributed by atoms with Crippen LogP contribution in [0.25, 0.3) is 0 Å². The number of nitrogens with zero attached hydrogens (tertiary/aromatic N) is 1. The molecule has 2 rings (SSSR count). The van der Waals surface area contributed by atoms with Gasteiger partial charge in [0.25, 0.3) is 0 Å². The monoisotopic (exact) mass is 344 g/mol. The zero-order valence-corrected chi connectivity index (χ0v) is 14.5. The van der Waals surface area contributed by atoms with Crippen LogP contribution in [-0.4, -0.2) is 24.5 Å². The van der Waals surface area contributed by atoms with Gasteiger partial charge in [0, 0.05) is 12.6 Å². The van der Waals surface area contributed by atoms with Crippen LogP contribution in [0.4, 0.5) is 15.8 Å². The summed E-state index contributed by atoms with van der Waals surface area (Å²) >= 11 is 0. The molecule has 0 aliphatic carbocycles. The molecule has 2 aromatic carbocycles. The Bertz CT molecular complexity index is 762. The van der Waals surface area contributed by atoms with Gasteiger partial charge in [-0.05, 0) is 44.2 Å². The average Bonchev–Trinajstić information content (AvgIpc) is 2.52. The lowest BCUT2D eigenvalue weighted by molar-refractivity contribution is -0.120. The molecule has 0 fully saturated rings. The summed E-state index contributed by atoms with van der Waals surface area (Å²) in [6.45, 7) is 4.93. The third-order valence-electron chi connectivity index (χ3n) is 3.31. The number of hydrogen-bond acceptors (Lipinski definition) is 3. The molecule has 0 aromatic heterocycles. The van der Waals surface area contributed by atoms with Gasteiger partial charge in [-0.15, -0.1) is 0 Å². The third-order valence-corrected chi connectivity index (χ3v) is 3.31. The van der Waals surface area contributed by atoms with E-state index in [2.05, 4.69) is 5.32 Å². The second-order valence-corrected chi connectivity index (χ2v) is 5.80. The number of hydrogen-bond donors (Lipinski definition) is 1. The molecule has 0 saturated heterocycles. The van der Waals surface area contributed by atoms with Crippen molar-refractivity contribution in [3.8, 4) is 5.75 Å². The summed E-state index contributed by atoms with van der Waals surface area (Å²) < 4.78 is 18.9. The Morgan fingerprint density at radius 2 is 1.88 bits per heavy atom. The normalized spacial score (nSPS) is 10.4. The predicted octanol–water partition coefficient (Wildman–Crippen LogP) is 3.60. The van der Waals surface area contributed by atoms with Crippen molar-refractivity contribution < 1.29 is 18.7 Å². The van der Waals surface area contributed by atoms with Crippen molar-refractivity contribution >= 4 is 23.2 Å². The van der Waals surface area contributed by atoms with E-state index in [0.29, 0.717) is 17.1 Å². The van der Waals surface area contributed by atoms with E-state index < -0.39 is 11.7 Å². The van der Waals surface area contributed by atoms with Gasteiger partial charge in [-0.2, -0.15) is 0 Å². The Balaban J connectivity index is 2.19. The number of amides is 2. The van der Waals surface area contributed by atoms with Gasteiger partial charge >= 0.3 is 0 Å². The smallest absolute Gasteiger partial charge is 0.244 e.